The summed E-state index contributed by atoms with van der Waals surface area (Å²) < 4.78 is 33.6. The van der Waals surface area contributed by atoms with Crippen LogP contribution >= 0.6 is 0 Å². The van der Waals surface area contributed by atoms with Crippen LogP contribution in [0.2, 0.25) is 0 Å². The molecule has 0 spiro atoms. The molecule has 7 heteroatoms. The van der Waals surface area contributed by atoms with Gasteiger partial charge in [-0.15, -0.1) is 0 Å². The lowest BCUT2D eigenvalue weighted by molar-refractivity contribution is -0.121. The maximum atomic E-state index is 13.6. The SMILES string of the molecule is O=C1OC(CF)(CF)n2c1cc1cc(CC(=O)[C@H]3NCC[C@H]3C3CCCCC3)ccc12. The van der Waals surface area contributed by atoms with E-state index in [0.29, 0.717) is 29.2 Å². The van der Waals surface area contributed by atoms with Crippen LogP contribution < -0.4 is 5.32 Å². The predicted octanol–water partition coefficient (Wildman–Crippen LogP) is 4.07. The average molecular weight is 430 g/mol. The molecule has 2 atom stereocenters. The molecule has 2 aliphatic heterocycles. The van der Waals surface area contributed by atoms with E-state index >= 15 is 0 Å². The Hall–Kier alpha value is -2.28. The van der Waals surface area contributed by atoms with E-state index in [1.54, 1.807) is 12.1 Å². The van der Waals surface area contributed by atoms with E-state index in [9.17, 15) is 18.4 Å². The van der Waals surface area contributed by atoms with Crippen molar-refractivity contribution in [3.05, 3.63) is 35.5 Å². The number of hydrogen-bond donors (Lipinski definition) is 1. The van der Waals surface area contributed by atoms with E-state index in [1.807, 2.05) is 12.1 Å². The Morgan fingerprint density at radius 3 is 2.65 bits per heavy atom. The minimum atomic E-state index is -1.92. The Morgan fingerprint density at radius 2 is 1.90 bits per heavy atom. The molecule has 3 aliphatic rings. The minimum Gasteiger partial charge on any atom is -0.428 e. The zero-order valence-electron chi connectivity index (χ0n) is 17.5. The van der Waals surface area contributed by atoms with Crippen LogP contribution in [0.4, 0.5) is 8.78 Å². The van der Waals surface area contributed by atoms with Gasteiger partial charge in [0.2, 0.25) is 5.72 Å². The third kappa shape index (κ3) is 3.37. The first kappa shape index (κ1) is 20.6. The quantitative estimate of drug-likeness (QED) is 0.702. The summed E-state index contributed by atoms with van der Waals surface area (Å²) in [6.45, 7) is -1.39. The number of benzene rings is 1. The molecule has 31 heavy (non-hydrogen) atoms. The van der Waals surface area contributed by atoms with Crippen LogP contribution in [-0.2, 0) is 21.7 Å². The molecule has 1 saturated heterocycles. The number of halogens is 2. The van der Waals surface area contributed by atoms with Gasteiger partial charge in [0.05, 0.1) is 11.6 Å². The standard InChI is InChI=1S/C24H28F2N2O3/c25-13-24(14-26)28-19-7-6-15(10-17(19)12-20(28)23(30)31-24)11-21(29)22-18(8-9-27-22)16-4-2-1-3-5-16/h6-7,10,12,16,18,22,27H,1-5,8-9,11,13-14H2/t18-,22-/m0/s1. The number of alkyl halides is 2. The van der Waals surface area contributed by atoms with Crippen LogP contribution in [0, 0.1) is 11.8 Å². The van der Waals surface area contributed by atoms with E-state index in [0.717, 1.165) is 18.5 Å². The zero-order valence-corrected chi connectivity index (χ0v) is 17.5. The number of cyclic esters (lactones) is 1. The van der Waals surface area contributed by atoms with Crippen LogP contribution in [0.25, 0.3) is 10.9 Å². The molecule has 1 aliphatic carbocycles. The Labute approximate surface area is 180 Å². The lowest BCUT2D eigenvalue weighted by atomic mass is 9.75. The molecule has 0 bridgehead atoms. The number of nitrogens with zero attached hydrogens (tertiary/aromatic N) is 1. The number of fused-ring (bicyclic) bond motifs is 3. The molecule has 1 N–H and O–H groups in total. The summed E-state index contributed by atoms with van der Waals surface area (Å²) in [4.78, 5) is 25.3. The lowest BCUT2D eigenvalue weighted by Gasteiger charge is -2.30. The highest BCUT2D eigenvalue weighted by atomic mass is 19.1. The Kier molecular flexibility index (Phi) is 5.32. The van der Waals surface area contributed by atoms with Gasteiger partial charge in [0, 0.05) is 11.8 Å². The van der Waals surface area contributed by atoms with Crippen LogP contribution in [0.1, 0.15) is 54.6 Å². The third-order valence-corrected chi connectivity index (χ3v) is 7.43. The summed E-state index contributed by atoms with van der Waals surface area (Å²) in [6, 6.07) is 6.87. The molecule has 5 rings (SSSR count). The number of hydrogen-bond acceptors (Lipinski definition) is 4. The molecule has 166 valence electrons. The number of esters is 1. The van der Waals surface area contributed by atoms with E-state index in [2.05, 4.69) is 5.32 Å². The minimum absolute atomic E-state index is 0.0986. The summed E-state index contributed by atoms with van der Waals surface area (Å²) in [5.41, 5.74) is -0.403. The summed E-state index contributed by atoms with van der Waals surface area (Å²) in [5.74, 6) is 0.518. The van der Waals surface area contributed by atoms with E-state index < -0.39 is 25.0 Å². The van der Waals surface area contributed by atoms with Crippen molar-refractivity contribution in [2.24, 2.45) is 11.8 Å². The summed E-state index contributed by atoms with van der Waals surface area (Å²) >= 11 is 0. The van der Waals surface area contributed by atoms with Gasteiger partial charge in [-0.05, 0) is 48.6 Å². The Bertz CT molecular complexity index is 1010. The molecule has 0 amide bonds. The molecule has 1 saturated carbocycles. The predicted molar refractivity (Wildman–Crippen MR) is 112 cm³/mol. The fraction of sp³-hybridized carbons (Fsp3) is 0.583. The van der Waals surface area contributed by atoms with Crippen molar-refractivity contribution in [2.45, 2.75) is 56.7 Å². The highest BCUT2D eigenvalue weighted by molar-refractivity contribution is 5.98. The maximum Gasteiger partial charge on any atom is 0.357 e. The number of carbonyl (C=O) groups is 2. The van der Waals surface area contributed by atoms with E-state index in [-0.39, 0.29) is 17.5 Å². The van der Waals surface area contributed by atoms with Crippen molar-refractivity contribution in [3.63, 3.8) is 0 Å². The zero-order chi connectivity index (χ0) is 21.6. The van der Waals surface area contributed by atoms with Crippen LogP contribution in [0.5, 0.6) is 0 Å². The van der Waals surface area contributed by atoms with Crippen LogP contribution in [-0.4, -0.2) is 42.3 Å². The monoisotopic (exact) mass is 430 g/mol. The number of aromatic nitrogens is 1. The van der Waals surface area contributed by atoms with Gasteiger partial charge < -0.3 is 10.1 Å². The van der Waals surface area contributed by atoms with Crippen LogP contribution in [0.15, 0.2) is 24.3 Å². The van der Waals surface area contributed by atoms with Crippen molar-refractivity contribution in [1.29, 1.82) is 0 Å². The van der Waals surface area contributed by atoms with Crippen molar-refractivity contribution in [1.82, 2.24) is 9.88 Å². The number of ketones is 1. The molecule has 2 aromatic rings. The highest BCUT2D eigenvalue weighted by Gasteiger charge is 2.47. The molecular formula is C24H28F2N2O3. The second-order valence-corrected chi connectivity index (χ2v) is 9.29. The molecule has 1 aromatic carbocycles. The third-order valence-electron chi connectivity index (χ3n) is 7.43. The van der Waals surface area contributed by atoms with Crippen molar-refractivity contribution >= 4 is 22.7 Å². The van der Waals surface area contributed by atoms with Gasteiger partial charge in [-0.2, -0.15) is 0 Å². The Morgan fingerprint density at radius 1 is 1.13 bits per heavy atom. The van der Waals surface area contributed by atoms with E-state index in [1.165, 1.54) is 36.7 Å². The topological polar surface area (TPSA) is 60.3 Å². The molecule has 3 heterocycles. The number of nitrogens with one attached hydrogen (secondary N) is 1. The molecule has 2 fully saturated rings. The number of rotatable bonds is 6. The smallest absolute Gasteiger partial charge is 0.357 e. The van der Waals surface area contributed by atoms with Gasteiger partial charge in [-0.25, -0.2) is 13.6 Å². The first-order chi connectivity index (χ1) is 15.1. The number of Topliss-reactive ketones (excluding diaryl/α,β-unsaturated/α-hetero) is 1. The summed E-state index contributed by atoms with van der Waals surface area (Å²) in [7, 11) is 0. The maximum absolute atomic E-state index is 13.6. The second kappa shape index (κ2) is 8.01. The van der Waals surface area contributed by atoms with Crippen molar-refractivity contribution in [2.75, 3.05) is 19.9 Å². The fourth-order valence-corrected chi connectivity index (χ4v) is 5.90. The van der Waals surface area contributed by atoms with Gasteiger partial charge in [-0.1, -0.05) is 38.2 Å². The average Bonchev–Trinajstić information content (AvgIpc) is 3.49. The first-order valence-corrected chi connectivity index (χ1v) is 11.3. The van der Waals surface area contributed by atoms with Gasteiger partial charge in [0.15, 0.2) is 19.1 Å². The normalized spacial score (nSPS) is 25.7. The van der Waals surface area contributed by atoms with Gasteiger partial charge >= 0.3 is 5.97 Å². The van der Waals surface area contributed by atoms with E-state index in [4.69, 9.17) is 4.74 Å². The molecular weight excluding hydrogens is 402 g/mol. The van der Waals surface area contributed by atoms with Crippen molar-refractivity contribution in [3.8, 4) is 0 Å². The van der Waals surface area contributed by atoms with Gasteiger partial charge in [0.1, 0.15) is 5.69 Å². The number of carbonyl (C=O) groups excluding carboxylic acids is 2. The first-order valence-electron chi connectivity index (χ1n) is 11.3. The molecule has 0 radical (unpaired) electrons. The number of ether oxygens (including phenoxy) is 1. The summed E-state index contributed by atoms with van der Waals surface area (Å²) in [5, 5.41) is 4.11. The fourth-order valence-electron chi connectivity index (χ4n) is 5.90. The Balaban J connectivity index is 1.38. The lowest BCUT2D eigenvalue weighted by Crippen LogP contribution is -2.40. The van der Waals surface area contributed by atoms with Crippen LogP contribution in [0.3, 0.4) is 0 Å². The van der Waals surface area contributed by atoms with Gasteiger partial charge in [0.25, 0.3) is 0 Å². The molecule has 1 aromatic heterocycles. The largest absolute Gasteiger partial charge is 0.428 e. The molecule has 5 nitrogen and oxygen atoms in total. The van der Waals surface area contributed by atoms with Crippen molar-refractivity contribution < 1.29 is 23.1 Å². The molecule has 0 unspecified atom stereocenters. The highest BCUT2D eigenvalue weighted by Crippen LogP contribution is 2.38. The van der Waals surface area contributed by atoms with Gasteiger partial charge in [-0.3, -0.25) is 9.36 Å². The summed E-state index contributed by atoms with van der Waals surface area (Å²) in [6.07, 6.45) is 7.64. The second-order valence-electron chi connectivity index (χ2n) is 9.29.